The van der Waals surface area contributed by atoms with Gasteiger partial charge >= 0.3 is 0 Å². The molecule has 2 heteroatoms. The second kappa shape index (κ2) is 12.3. The summed E-state index contributed by atoms with van der Waals surface area (Å²) in [4.78, 5) is 0. The SMILES string of the molecule is CC.CCc1cc(-c2ccc(C)cc2)ccc1-c1ccc(CCC(CO)CO)cc1. The number of rotatable bonds is 8. The van der Waals surface area contributed by atoms with Crippen molar-refractivity contribution >= 4 is 0 Å². The van der Waals surface area contributed by atoms with E-state index < -0.39 is 0 Å². The molecule has 3 aromatic rings. The van der Waals surface area contributed by atoms with Gasteiger partial charge in [-0.05, 0) is 59.6 Å². The summed E-state index contributed by atoms with van der Waals surface area (Å²) in [6.07, 6.45) is 2.67. The van der Waals surface area contributed by atoms with E-state index >= 15 is 0 Å². The van der Waals surface area contributed by atoms with Crippen molar-refractivity contribution in [3.63, 3.8) is 0 Å². The number of hydrogen-bond acceptors (Lipinski definition) is 2. The average molecular weight is 405 g/mol. The molecule has 0 amide bonds. The Morgan fingerprint density at radius 1 is 0.733 bits per heavy atom. The highest BCUT2D eigenvalue weighted by Gasteiger charge is 2.09. The van der Waals surface area contributed by atoms with E-state index in [1.807, 2.05) is 13.8 Å². The lowest BCUT2D eigenvalue weighted by atomic mass is 9.92. The van der Waals surface area contributed by atoms with Crippen LogP contribution in [0, 0.1) is 12.8 Å². The molecule has 0 aromatic heterocycles. The van der Waals surface area contributed by atoms with Crippen LogP contribution in [0.15, 0.2) is 66.7 Å². The van der Waals surface area contributed by atoms with Gasteiger partial charge < -0.3 is 10.2 Å². The maximum Gasteiger partial charge on any atom is 0.0481 e. The monoisotopic (exact) mass is 404 g/mol. The van der Waals surface area contributed by atoms with E-state index in [1.165, 1.54) is 38.9 Å². The van der Waals surface area contributed by atoms with Crippen LogP contribution in [0.4, 0.5) is 0 Å². The Bertz CT molecular complexity index is 876. The number of aliphatic hydroxyl groups is 2. The maximum absolute atomic E-state index is 9.21. The van der Waals surface area contributed by atoms with Crippen LogP contribution in [-0.4, -0.2) is 23.4 Å². The third kappa shape index (κ3) is 6.29. The van der Waals surface area contributed by atoms with Crippen LogP contribution in [0.5, 0.6) is 0 Å². The summed E-state index contributed by atoms with van der Waals surface area (Å²) in [5.74, 6) is -0.0271. The second-order valence-corrected chi connectivity index (χ2v) is 7.56. The summed E-state index contributed by atoms with van der Waals surface area (Å²) >= 11 is 0. The largest absolute Gasteiger partial charge is 0.396 e. The summed E-state index contributed by atoms with van der Waals surface area (Å²) in [6, 6.07) is 24.1. The highest BCUT2D eigenvalue weighted by atomic mass is 16.3. The zero-order valence-corrected chi connectivity index (χ0v) is 18.9. The standard InChI is InChI=1S/C26H30O2.C2H6/c1-3-22-16-25(23-10-4-19(2)5-11-23)14-15-26(22)24-12-8-20(9-13-24)6-7-21(17-27)18-28;1-2/h4-5,8-16,21,27-28H,3,6-7,17-18H2,1-2H3;1-2H3. The molecule has 0 atom stereocenters. The minimum atomic E-state index is -0.0271. The number of aliphatic hydroxyl groups excluding tert-OH is 2. The molecule has 3 aromatic carbocycles. The Hall–Kier alpha value is -2.42. The minimum absolute atomic E-state index is 0.0271. The van der Waals surface area contributed by atoms with Crippen LogP contribution in [0.2, 0.25) is 0 Å². The molecule has 2 nitrogen and oxygen atoms in total. The molecule has 0 saturated heterocycles. The van der Waals surface area contributed by atoms with Crippen LogP contribution in [0.1, 0.15) is 43.9 Å². The summed E-state index contributed by atoms with van der Waals surface area (Å²) in [5, 5.41) is 18.4. The molecule has 30 heavy (non-hydrogen) atoms. The van der Waals surface area contributed by atoms with Gasteiger partial charge in [-0.15, -0.1) is 0 Å². The summed E-state index contributed by atoms with van der Waals surface area (Å²) in [5.41, 5.74) is 8.91. The quantitative estimate of drug-likeness (QED) is 0.453. The van der Waals surface area contributed by atoms with E-state index in [0.29, 0.717) is 0 Å². The lowest BCUT2D eigenvalue weighted by Gasteiger charge is -2.13. The predicted octanol–water partition coefficient (Wildman–Crippen LogP) is 6.45. The molecule has 3 rings (SSSR count). The molecule has 0 saturated carbocycles. The normalized spacial score (nSPS) is 10.6. The van der Waals surface area contributed by atoms with Gasteiger partial charge in [0.05, 0.1) is 0 Å². The van der Waals surface area contributed by atoms with Gasteiger partial charge in [-0.1, -0.05) is 93.1 Å². The van der Waals surface area contributed by atoms with E-state index in [0.717, 1.165) is 19.3 Å². The smallest absolute Gasteiger partial charge is 0.0481 e. The zero-order valence-electron chi connectivity index (χ0n) is 18.9. The molecular weight excluding hydrogens is 368 g/mol. The van der Waals surface area contributed by atoms with Crippen molar-refractivity contribution in [1.29, 1.82) is 0 Å². The van der Waals surface area contributed by atoms with Crippen LogP contribution in [0.25, 0.3) is 22.3 Å². The summed E-state index contributed by atoms with van der Waals surface area (Å²) in [7, 11) is 0. The van der Waals surface area contributed by atoms with Gasteiger partial charge in [0, 0.05) is 19.1 Å². The third-order valence-electron chi connectivity index (χ3n) is 5.49. The molecule has 0 spiro atoms. The topological polar surface area (TPSA) is 40.5 Å². The predicted molar refractivity (Wildman–Crippen MR) is 129 cm³/mol. The molecule has 0 aliphatic heterocycles. The van der Waals surface area contributed by atoms with Crippen molar-refractivity contribution < 1.29 is 10.2 Å². The van der Waals surface area contributed by atoms with Gasteiger partial charge in [0.1, 0.15) is 0 Å². The molecule has 0 unspecified atom stereocenters. The first kappa shape index (κ1) is 23.9. The van der Waals surface area contributed by atoms with Crippen molar-refractivity contribution in [3.8, 4) is 22.3 Å². The number of hydrogen-bond donors (Lipinski definition) is 2. The van der Waals surface area contributed by atoms with Crippen LogP contribution < -0.4 is 0 Å². The fourth-order valence-corrected chi connectivity index (χ4v) is 3.56. The molecule has 0 aliphatic carbocycles. The highest BCUT2D eigenvalue weighted by Crippen LogP contribution is 2.30. The fraction of sp³-hybridized carbons (Fsp3) is 0.357. The Morgan fingerprint density at radius 2 is 1.30 bits per heavy atom. The van der Waals surface area contributed by atoms with Crippen molar-refractivity contribution in [2.24, 2.45) is 5.92 Å². The van der Waals surface area contributed by atoms with E-state index in [-0.39, 0.29) is 19.1 Å². The van der Waals surface area contributed by atoms with Gasteiger partial charge in [-0.25, -0.2) is 0 Å². The van der Waals surface area contributed by atoms with Gasteiger partial charge in [0.2, 0.25) is 0 Å². The van der Waals surface area contributed by atoms with Crippen molar-refractivity contribution in [1.82, 2.24) is 0 Å². The van der Waals surface area contributed by atoms with Crippen molar-refractivity contribution in [2.75, 3.05) is 13.2 Å². The Balaban J connectivity index is 0.00000155. The lowest BCUT2D eigenvalue weighted by molar-refractivity contribution is 0.144. The van der Waals surface area contributed by atoms with Crippen LogP contribution >= 0.6 is 0 Å². The van der Waals surface area contributed by atoms with Gasteiger partial charge in [-0.3, -0.25) is 0 Å². The molecule has 0 heterocycles. The zero-order chi connectivity index (χ0) is 21.9. The molecule has 2 N–H and O–H groups in total. The lowest BCUT2D eigenvalue weighted by Crippen LogP contribution is -2.11. The van der Waals surface area contributed by atoms with Crippen molar-refractivity contribution in [2.45, 2.75) is 47.0 Å². The van der Waals surface area contributed by atoms with Gasteiger partial charge in [-0.2, -0.15) is 0 Å². The Morgan fingerprint density at radius 3 is 1.87 bits per heavy atom. The van der Waals surface area contributed by atoms with E-state index in [2.05, 4.69) is 80.6 Å². The maximum atomic E-state index is 9.21. The Labute approximate surface area is 182 Å². The summed E-state index contributed by atoms with van der Waals surface area (Å²) in [6.45, 7) is 8.40. The van der Waals surface area contributed by atoms with Crippen LogP contribution in [-0.2, 0) is 12.8 Å². The Kier molecular flexibility index (Phi) is 9.79. The first-order chi connectivity index (χ1) is 14.6. The second-order valence-electron chi connectivity index (χ2n) is 7.56. The molecule has 160 valence electrons. The average Bonchev–Trinajstić information content (AvgIpc) is 2.81. The molecule has 0 bridgehead atoms. The van der Waals surface area contributed by atoms with Gasteiger partial charge in [0.15, 0.2) is 0 Å². The molecular formula is C28H36O2. The number of aryl methyl sites for hydroxylation is 3. The summed E-state index contributed by atoms with van der Waals surface area (Å²) < 4.78 is 0. The van der Waals surface area contributed by atoms with Crippen molar-refractivity contribution in [3.05, 3.63) is 83.4 Å². The molecule has 0 radical (unpaired) electrons. The van der Waals surface area contributed by atoms with Crippen LogP contribution in [0.3, 0.4) is 0 Å². The third-order valence-corrected chi connectivity index (χ3v) is 5.49. The van der Waals surface area contributed by atoms with E-state index in [4.69, 9.17) is 0 Å². The van der Waals surface area contributed by atoms with Gasteiger partial charge in [0.25, 0.3) is 0 Å². The van der Waals surface area contributed by atoms with E-state index in [9.17, 15) is 10.2 Å². The minimum Gasteiger partial charge on any atom is -0.396 e. The fourth-order valence-electron chi connectivity index (χ4n) is 3.56. The molecule has 0 aliphatic rings. The molecule has 0 fully saturated rings. The number of benzene rings is 3. The van der Waals surface area contributed by atoms with E-state index in [1.54, 1.807) is 0 Å². The highest BCUT2D eigenvalue weighted by molar-refractivity contribution is 5.74. The first-order valence-corrected chi connectivity index (χ1v) is 11.2. The first-order valence-electron chi connectivity index (χ1n) is 11.2.